The highest BCUT2D eigenvalue weighted by molar-refractivity contribution is 5.87. The number of hydrogen-bond donors (Lipinski definition) is 0. The van der Waals surface area contributed by atoms with Crippen molar-refractivity contribution in [1.29, 1.82) is 0 Å². The minimum Gasteiger partial charge on any atom is -0.380 e. The standard InChI is InChI=1S/C20H26N2O2/c1-2-10-21-11-9-20(19(21)23)15-22(17-8-12-24-14-17)13-18(20)16-6-4-3-5-7-16/h2-7,17-18H,1,8-15H2/t17-,18+,20-/m1/s1. The number of carbonyl (C=O) groups excluding carboxylic acids is 1. The van der Waals surface area contributed by atoms with E-state index in [1.54, 1.807) is 0 Å². The van der Waals surface area contributed by atoms with Gasteiger partial charge in [-0.25, -0.2) is 0 Å². The van der Waals surface area contributed by atoms with E-state index in [-0.39, 0.29) is 11.3 Å². The molecule has 1 aromatic carbocycles. The Hall–Kier alpha value is -1.65. The normalized spacial score (nSPS) is 33.7. The summed E-state index contributed by atoms with van der Waals surface area (Å²) in [7, 11) is 0. The largest absolute Gasteiger partial charge is 0.380 e. The molecule has 24 heavy (non-hydrogen) atoms. The molecule has 0 radical (unpaired) electrons. The summed E-state index contributed by atoms with van der Waals surface area (Å²) in [5.74, 6) is 0.597. The van der Waals surface area contributed by atoms with E-state index in [0.717, 1.165) is 45.7 Å². The van der Waals surface area contributed by atoms with Gasteiger partial charge in [-0.2, -0.15) is 0 Å². The fourth-order valence-corrected chi connectivity index (χ4v) is 4.80. The van der Waals surface area contributed by atoms with Crippen LogP contribution in [0.3, 0.4) is 0 Å². The summed E-state index contributed by atoms with van der Waals surface area (Å²) in [4.78, 5) is 17.8. The van der Waals surface area contributed by atoms with E-state index in [4.69, 9.17) is 4.74 Å². The van der Waals surface area contributed by atoms with Crippen molar-refractivity contribution in [3.05, 3.63) is 48.6 Å². The zero-order valence-electron chi connectivity index (χ0n) is 14.2. The van der Waals surface area contributed by atoms with Crippen LogP contribution >= 0.6 is 0 Å². The molecule has 4 heteroatoms. The van der Waals surface area contributed by atoms with Crippen LogP contribution in [0.25, 0.3) is 0 Å². The number of nitrogens with zero attached hydrogens (tertiary/aromatic N) is 2. The number of rotatable bonds is 4. The number of likely N-dealkylation sites (tertiary alicyclic amines) is 2. The smallest absolute Gasteiger partial charge is 0.231 e. The summed E-state index contributed by atoms with van der Waals surface area (Å²) in [5, 5.41) is 0. The molecule has 0 saturated carbocycles. The van der Waals surface area contributed by atoms with Crippen molar-refractivity contribution in [2.45, 2.75) is 24.8 Å². The van der Waals surface area contributed by atoms with Crippen LogP contribution in [0.1, 0.15) is 24.3 Å². The summed E-state index contributed by atoms with van der Waals surface area (Å²) < 4.78 is 5.60. The zero-order chi connectivity index (χ0) is 16.6. The molecule has 0 aliphatic carbocycles. The van der Waals surface area contributed by atoms with Crippen LogP contribution in [0.4, 0.5) is 0 Å². The van der Waals surface area contributed by atoms with Crippen molar-refractivity contribution in [2.24, 2.45) is 5.41 Å². The number of hydrogen-bond acceptors (Lipinski definition) is 3. The maximum absolute atomic E-state index is 13.3. The van der Waals surface area contributed by atoms with E-state index >= 15 is 0 Å². The molecule has 1 amide bonds. The summed E-state index contributed by atoms with van der Waals surface area (Å²) in [5.41, 5.74) is 1.03. The van der Waals surface area contributed by atoms with Crippen LogP contribution < -0.4 is 0 Å². The molecule has 0 N–H and O–H groups in total. The maximum atomic E-state index is 13.3. The van der Waals surface area contributed by atoms with Gasteiger partial charge in [0.25, 0.3) is 0 Å². The molecule has 4 nitrogen and oxygen atoms in total. The lowest BCUT2D eigenvalue weighted by atomic mass is 9.73. The average molecular weight is 326 g/mol. The quantitative estimate of drug-likeness (QED) is 0.796. The SMILES string of the molecule is C=CCN1CC[C@]2(CN([C@@H]3CCOC3)C[C@H]2c2ccccc2)C1=O. The molecule has 3 heterocycles. The molecule has 4 rings (SSSR count). The third kappa shape index (κ3) is 2.49. The highest BCUT2D eigenvalue weighted by Gasteiger charge is 2.57. The lowest BCUT2D eigenvalue weighted by Crippen LogP contribution is -2.41. The van der Waals surface area contributed by atoms with E-state index < -0.39 is 0 Å². The van der Waals surface area contributed by atoms with Crippen LogP contribution in [0.5, 0.6) is 0 Å². The fraction of sp³-hybridized carbons (Fsp3) is 0.550. The van der Waals surface area contributed by atoms with Crippen molar-refractivity contribution in [3.8, 4) is 0 Å². The monoisotopic (exact) mass is 326 g/mol. The highest BCUT2D eigenvalue weighted by Crippen LogP contribution is 2.50. The third-order valence-corrected chi connectivity index (χ3v) is 6.08. The molecule has 1 aromatic rings. The van der Waals surface area contributed by atoms with Gasteiger partial charge >= 0.3 is 0 Å². The molecular formula is C20H26N2O2. The van der Waals surface area contributed by atoms with Gasteiger partial charge in [-0.3, -0.25) is 9.69 Å². The molecule has 3 aliphatic heterocycles. The van der Waals surface area contributed by atoms with Crippen LogP contribution in [0.15, 0.2) is 43.0 Å². The molecule has 0 bridgehead atoms. The van der Waals surface area contributed by atoms with Crippen LogP contribution in [-0.2, 0) is 9.53 Å². The minimum atomic E-state index is -0.271. The second-order valence-corrected chi connectivity index (χ2v) is 7.36. The molecule has 0 aromatic heterocycles. The van der Waals surface area contributed by atoms with Crippen molar-refractivity contribution in [3.63, 3.8) is 0 Å². The van der Waals surface area contributed by atoms with E-state index in [1.165, 1.54) is 5.56 Å². The summed E-state index contributed by atoms with van der Waals surface area (Å²) in [6.07, 6.45) is 3.87. The molecule has 3 saturated heterocycles. The number of amides is 1. The van der Waals surface area contributed by atoms with Crippen LogP contribution in [0, 0.1) is 5.41 Å². The van der Waals surface area contributed by atoms with Gasteiger partial charge in [-0.1, -0.05) is 36.4 Å². The van der Waals surface area contributed by atoms with Crippen LogP contribution in [-0.4, -0.2) is 61.1 Å². The molecule has 128 valence electrons. The lowest BCUT2D eigenvalue weighted by Gasteiger charge is -2.29. The van der Waals surface area contributed by atoms with Crippen molar-refractivity contribution < 1.29 is 9.53 Å². The topological polar surface area (TPSA) is 32.8 Å². The van der Waals surface area contributed by atoms with Crippen molar-refractivity contribution >= 4 is 5.91 Å². The predicted molar refractivity (Wildman–Crippen MR) is 93.8 cm³/mol. The number of ether oxygens (including phenoxy) is 1. The molecule has 3 atom stereocenters. The second kappa shape index (κ2) is 6.34. The minimum absolute atomic E-state index is 0.271. The second-order valence-electron chi connectivity index (χ2n) is 7.36. The Morgan fingerprint density at radius 2 is 2.17 bits per heavy atom. The molecule has 3 aliphatic rings. The Labute approximate surface area is 144 Å². The Bertz CT molecular complexity index is 611. The Balaban J connectivity index is 1.66. The summed E-state index contributed by atoms with van der Waals surface area (Å²) in [6.45, 7) is 8.81. The van der Waals surface area contributed by atoms with Crippen molar-refractivity contribution in [1.82, 2.24) is 9.80 Å². The van der Waals surface area contributed by atoms with Crippen LogP contribution in [0.2, 0.25) is 0 Å². The number of benzene rings is 1. The number of carbonyl (C=O) groups is 1. The summed E-state index contributed by atoms with van der Waals surface area (Å²) >= 11 is 0. The zero-order valence-corrected chi connectivity index (χ0v) is 14.2. The Morgan fingerprint density at radius 1 is 1.33 bits per heavy atom. The van der Waals surface area contributed by atoms with E-state index in [1.807, 2.05) is 17.0 Å². The van der Waals surface area contributed by atoms with Gasteiger partial charge in [0.15, 0.2) is 0 Å². The molecule has 3 fully saturated rings. The first-order chi connectivity index (χ1) is 11.7. The van der Waals surface area contributed by atoms with Gasteiger partial charge in [0.1, 0.15) is 0 Å². The molecular weight excluding hydrogens is 300 g/mol. The first-order valence-electron chi connectivity index (χ1n) is 9.01. The van der Waals surface area contributed by atoms with Crippen molar-refractivity contribution in [2.75, 3.05) is 39.4 Å². The lowest BCUT2D eigenvalue weighted by molar-refractivity contribution is -0.135. The van der Waals surface area contributed by atoms with Gasteiger partial charge in [0.05, 0.1) is 12.0 Å². The van der Waals surface area contributed by atoms with Gasteiger partial charge in [-0.05, 0) is 18.4 Å². The maximum Gasteiger partial charge on any atom is 0.231 e. The Morgan fingerprint density at radius 3 is 2.88 bits per heavy atom. The first kappa shape index (κ1) is 15.9. The predicted octanol–water partition coefficient (Wildman–Crippen LogP) is 2.28. The highest BCUT2D eigenvalue weighted by atomic mass is 16.5. The van der Waals surface area contributed by atoms with E-state index in [2.05, 4.69) is 35.7 Å². The fourth-order valence-electron chi connectivity index (χ4n) is 4.80. The van der Waals surface area contributed by atoms with Gasteiger partial charge in [0.2, 0.25) is 5.91 Å². The van der Waals surface area contributed by atoms with E-state index in [0.29, 0.717) is 18.5 Å². The third-order valence-electron chi connectivity index (χ3n) is 6.08. The Kier molecular flexibility index (Phi) is 4.19. The van der Waals surface area contributed by atoms with E-state index in [9.17, 15) is 4.79 Å². The van der Waals surface area contributed by atoms with Gasteiger partial charge in [-0.15, -0.1) is 6.58 Å². The van der Waals surface area contributed by atoms with Gasteiger partial charge in [0, 0.05) is 44.7 Å². The first-order valence-corrected chi connectivity index (χ1v) is 9.01. The molecule has 1 spiro atoms. The summed E-state index contributed by atoms with van der Waals surface area (Å²) in [6, 6.07) is 11.1. The molecule has 0 unspecified atom stereocenters. The van der Waals surface area contributed by atoms with Gasteiger partial charge < -0.3 is 9.64 Å². The average Bonchev–Trinajstić information content (AvgIpc) is 3.32.